The summed E-state index contributed by atoms with van der Waals surface area (Å²) in [6.45, 7) is 8.23. The predicted molar refractivity (Wildman–Crippen MR) is 137 cm³/mol. The number of carbonyl (C=O) groups excluding carboxylic acids is 1. The van der Waals surface area contributed by atoms with Gasteiger partial charge in [0.15, 0.2) is 5.96 Å². The number of ether oxygens (including phenoxy) is 1. The molecule has 0 unspecified atom stereocenters. The SMILES string of the molecule is CCOC(=O)C1CCN(C(=NC)NCc2cccc(CN3CCCCCC3)c2)CC1.I. The highest BCUT2D eigenvalue weighted by molar-refractivity contribution is 14.0. The van der Waals surface area contributed by atoms with E-state index in [-0.39, 0.29) is 35.9 Å². The van der Waals surface area contributed by atoms with E-state index < -0.39 is 0 Å². The fourth-order valence-electron chi connectivity index (χ4n) is 4.49. The number of esters is 1. The number of carbonyl (C=O) groups is 1. The number of nitrogens with one attached hydrogen (secondary N) is 1. The van der Waals surface area contributed by atoms with Crippen LogP contribution in [0.25, 0.3) is 0 Å². The van der Waals surface area contributed by atoms with Gasteiger partial charge in [-0.05, 0) is 56.8 Å². The zero-order chi connectivity index (χ0) is 21.2. The van der Waals surface area contributed by atoms with Crippen LogP contribution < -0.4 is 5.32 Å². The van der Waals surface area contributed by atoms with Crippen LogP contribution in [0.3, 0.4) is 0 Å². The molecular weight excluding hydrogens is 503 g/mol. The van der Waals surface area contributed by atoms with Gasteiger partial charge >= 0.3 is 5.97 Å². The van der Waals surface area contributed by atoms with Gasteiger partial charge in [0.05, 0.1) is 12.5 Å². The van der Waals surface area contributed by atoms with E-state index in [2.05, 4.69) is 44.4 Å². The summed E-state index contributed by atoms with van der Waals surface area (Å²) in [7, 11) is 1.83. The Labute approximate surface area is 204 Å². The Hall–Kier alpha value is -1.35. The molecule has 2 heterocycles. The van der Waals surface area contributed by atoms with E-state index in [0.29, 0.717) is 6.61 Å². The highest BCUT2D eigenvalue weighted by Crippen LogP contribution is 2.19. The number of aliphatic imine (C=N–C) groups is 1. The van der Waals surface area contributed by atoms with Crippen molar-refractivity contribution < 1.29 is 9.53 Å². The molecule has 0 aromatic heterocycles. The van der Waals surface area contributed by atoms with Crippen LogP contribution in [-0.2, 0) is 22.6 Å². The van der Waals surface area contributed by atoms with E-state index in [9.17, 15) is 4.79 Å². The van der Waals surface area contributed by atoms with Crippen LogP contribution >= 0.6 is 24.0 Å². The summed E-state index contributed by atoms with van der Waals surface area (Å²) in [6.07, 6.45) is 7.04. The quantitative estimate of drug-likeness (QED) is 0.255. The Morgan fingerprint density at radius 1 is 1.10 bits per heavy atom. The molecule has 174 valence electrons. The van der Waals surface area contributed by atoms with Gasteiger partial charge in [0.2, 0.25) is 0 Å². The van der Waals surface area contributed by atoms with Gasteiger partial charge in [0.25, 0.3) is 0 Å². The molecule has 0 saturated carbocycles. The van der Waals surface area contributed by atoms with E-state index in [0.717, 1.165) is 45.0 Å². The summed E-state index contributed by atoms with van der Waals surface area (Å²) < 4.78 is 5.17. The molecule has 2 aliphatic heterocycles. The Bertz CT molecular complexity index is 697. The van der Waals surface area contributed by atoms with E-state index in [1.807, 2.05) is 14.0 Å². The number of guanidine groups is 1. The first-order valence-corrected chi connectivity index (χ1v) is 11.6. The average molecular weight is 543 g/mol. The van der Waals surface area contributed by atoms with Gasteiger partial charge in [-0.25, -0.2) is 0 Å². The van der Waals surface area contributed by atoms with Crippen LogP contribution in [0.1, 0.15) is 56.6 Å². The van der Waals surface area contributed by atoms with Gasteiger partial charge < -0.3 is 15.0 Å². The number of hydrogen-bond donors (Lipinski definition) is 1. The molecule has 0 spiro atoms. The minimum Gasteiger partial charge on any atom is -0.466 e. The van der Waals surface area contributed by atoms with Gasteiger partial charge in [0.1, 0.15) is 0 Å². The maximum absolute atomic E-state index is 12.0. The molecule has 0 aliphatic carbocycles. The first kappa shape index (κ1) is 25.9. The van der Waals surface area contributed by atoms with Crippen molar-refractivity contribution in [1.29, 1.82) is 0 Å². The summed E-state index contributed by atoms with van der Waals surface area (Å²) in [5.41, 5.74) is 2.67. The molecule has 2 saturated heterocycles. The lowest BCUT2D eigenvalue weighted by Crippen LogP contribution is -2.46. The maximum Gasteiger partial charge on any atom is 0.309 e. The number of halogens is 1. The largest absolute Gasteiger partial charge is 0.466 e. The molecule has 0 amide bonds. The highest BCUT2D eigenvalue weighted by Gasteiger charge is 2.27. The second kappa shape index (κ2) is 13.9. The van der Waals surface area contributed by atoms with Crippen molar-refractivity contribution in [1.82, 2.24) is 15.1 Å². The summed E-state index contributed by atoms with van der Waals surface area (Å²) in [6, 6.07) is 8.90. The van der Waals surface area contributed by atoms with Gasteiger partial charge in [-0.15, -0.1) is 24.0 Å². The third-order valence-corrected chi connectivity index (χ3v) is 6.17. The fourth-order valence-corrected chi connectivity index (χ4v) is 4.49. The predicted octanol–water partition coefficient (Wildman–Crippen LogP) is 4.03. The standard InChI is InChI=1S/C24H38N4O2.HI/c1-3-30-23(29)22-11-15-28(16-12-22)24(25-2)26-18-20-9-8-10-21(17-20)19-27-13-6-4-5-7-14-27;/h8-10,17,22H,3-7,11-16,18-19H2,1-2H3,(H,25,26);1H. The minimum atomic E-state index is -0.0543. The molecule has 2 aliphatic rings. The summed E-state index contributed by atoms with van der Waals surface area (Å²) in [5.74, 6) is 0.881. The molecule has 3 rings (SSSR count). The topological polar surface area (TPSA) is 57.2 Å². The second-order valence-electron chi connectivity index (χ2n) is 8.42. The molecule has 0 radical (unpaired) electrons. The molecule has 1 aromatic carbocycles. The van der Waals surface area contributed by atoms with Gasteiger partial charge in [-0.3, -0.25) is 14.7 Å². The van der Waals surface area contributed by atoms with E-state index >= 15 is 0 Å². The van der Waals surface area contributed by atoms with E-state index in [1.165, 1.54) is 49.9 Å². The molecule has 2 fully saturated rings. The first-order chi connectivity index (χ1) is 14.7. The Balaban J connectivity index is 0.00000341. The van der Waals surface area contributed by atoms with Gasteiger partial charge in [-0.1, -0.05) is 37.1 Å². The van der Waals surface area contributed by atoms with Crippen molar-refractivity contribution in [3.63, 3.8) is 0 Å². The third kappa shape index (κ3) is 8.25. The number of nitrogens with zero attached hydrogens (tertiary/aromatic N) is 3. The smallest absolute Gasteiger partial charge is 0.309 e. The lowest BCUT2D eigenvalue weighted by atomic mass is 9.97. The molecule has 1 N–H and O–H groups in total. The third-order valence-electron chi connectivity index (χ3n) is 6.17. The molecule has 6 nitrogen and oxygen atoms in total. The Morgan fingerprint density at radius 3 is 2.42 bits per heavy atom. The van der Waals surface area contributed by atoms with Crippen LogP contribution in [0.15, 0.2) is 29.3 Å². The number of likely N-dealkylation sites (tertiary alicyclic amines) is 2. The van der Waals surface area contributed by atoms with Crippen LogP contribution in [0, 0.1) is 5.92 Å². The Morgan fingerprint density at radius 2 is 1.77 bits per heavy atom. The lowest BCUT2D eigenvalue weighted by Gasteiger charge is -2.33. The molecule has 1 aromatic rings. The fraction of sp³-hybridized carbons (Fsp3) is 0.667. The number of benzene rings is 1. The van der Waals surface area contributed by atoms with Crippen molar-refractivity contribution in [2.75, 3.05) is 39.8 Å². The van der Waals surface area contributed by atoms with E-state index in [1.54, 1.807) is 0 Å². The van der Waals surface area contributed by atoms with Crippen LogP contribution in [0.2, 0.25) is 0 Å². The van der Waals surface area contributed by atoms with Crippen molar-refractivity contribution in [2.45, 2.75) is 58.5 Å². The van der Waals surface area contributed by atoms with Crippen molar-refractivity contribution in [3.8, 4) is 0 Å². The summed E-state index contributed by atoms with van der Waals surface area (Å²) >= 11 is 0. The van der Waals surface area contributed by atoms with Gasteiger partial charge in [-0.2, -0.15) is 0 Å². The molecular formula is C24H39IN4O2. The molecule has 7 heteroatoms. The molecule has 31 heavy (non-hydrogen) atoms. The van der Waals surface area contributed by atoms with Crippen LogP contribution in [0.4, 0.5) is 0 Å². The van der Waals surface area contributed by atoms with Crippen LogP contribution in [0.5, 0.6) is 0 Å². The zero-order valence-electron chi connectivity index (χ0n) is 19.1. The lowest BCUT2D eigenvalue weighted by molar-refractivity contribution is -0.149. The number of rotatable bonds is 6. The zero-order valence-corrected chi connectivity index (χ0v) is 21.5. The number of piperidine rings is 1. The van der Waals surface area contributed by atoms with Crippen molar-refractivity contribution in [2.24, 2.45) is 10.9 Å². The van der Waals surface area contributed by atoms with Crippen molar-refractivity contribution >= 4 is 35.9 Å². The molecule has 0 atom stereocenters. The maximum atomic E-state index is 12.0. The second-order valence-corrected chi connectivity index (χ2v) is 8.42. The Kier molecular flexibility index (Phi) is 11.6. The molecule has 0 bridgehead atoms. The number of hydrogen-bond acceptors (Lipinski definition) is 4. The highest BCUT2D eigenvalue weighted by atomic mass is 127. The van der Waals surface area contributed by atoms with Crippen LogP contribution in [-0.4, -0.2) is 61.6 Å². The first-order valence-electron chi connectivity index (χ1n) is 11.6. The summed E-state index contributed by atoms with van der Waals surface area (Å²) in [5, 5.41) is 3.51. The van der Waals surface area contributed by atoms with Gasteiger partial charge in [0, 0.05) is 33.2 Å². The van der Waals surface area contributed by atoms with E-state index in [4.69, 9.17) is 4.74 Å². The summed E-state index contributed by atoms with van der Waals surface area (Å²) in [4.78, 5) is 21.3. The normalized spacial score (nSPS) is 18.8. The monoisotopic (exact) mass is 542 g/mol. The van der Waals surface area contributed by atoms with Crippen molar-refractivity contribution in [3.05, 3.63) is 35.4 Å². The minimum absolute atomic E-state index is 0. The average Bonchev–Trinajstić information content (AvgIpc) is 3.04.